The van der Waals surface area contributed by atoms with E-state index in [9.17, 15) is 9.13 Å². The summed E-state index contributed by atoms with van der Waals surface area (Å²) in [6.07, 6.45) is 0. The lowest BCUT2D eigenvalue weighted by Crippen LogP contribution is -1.69. The van der Waals surface area contributed by atoms with E-state index in [1.54, 1.807) is 0 Å². The number of hydrogen-bond acceptors (Lipinski definition) is 4. The third-order valence-electron chi connectivity index (χ3n) is 0.175. The molecule has 11 heavy (non-hydrogen) atoms. The van der Waals surface area contributed by atoms with Crippen LogP contribution in [-0.4, -0.2) is 16.8 Å². The number of rotatable bonds is 2. The van der Waals surface area contributed by atoms with Gasteiger partial charge in [-0.25, -0.2) is 4.31 Å². The Bertz CT molecular complexity index is 95.9. The van der Waals surface area contributed by atoms with E-state index in [1.807, 2.05) is 13.8 Å². The van der Waals surface area contributed by atoms with Crippen LogP contribution in [0, 0.1) is 0 Å². The molecule has 0 aromatic rings. The van der Waals surface area contributed by atoms with Crippen LogP contribution in [0.1, 0.15) is 13.8 Å². The third-order valence-corrected chi connectivity index (χ3v) is 1.57. The molecule has 0 fully saturated rings. The second kappa shape index (κ2) is 16.7. The van der Waals surface area contributed by atoms with Crippen molar-refractivity contribution in [3.05, 3.63) is 0 Å². The molecule has 0 saturated carbocycles. The fraction of sp³-hybridized carbons (Fsp3) is 1.00. The van der Waals surface area contributed by atoms with Crippen molar-refractivity contribution in [2.75, 3.05) is 7.05 Å². The van der Waals surface area contributed by atoms with Gasteiger partial charge < -0.3 is 15.5 Å². The lowest BCUT2D eigenvalue weighted by Gasteiger charge is -1.86. The monoisotopic (exact) mass is 207 g/mol. The number of nitrogens with two attached hydrogens (primary N) is 1. The van der Waals surface area contributed by atoms with Crippen molar-refractivity contribution in [3.63, 3.8) is 0 Å². The second-order valence-corrected chi connectivity index (χ2v) is 2.51. The summed E-state index contributed by atoms with van der Waals surface area (Å²) in [7, 11) is -4.90. The van der Waals surface area contributed by atoms with E-state index in [-0.39, 0.29) is 0 Å². The second-order valence-electron chi connectivity index (χ2n) is 0.634. The van der Waals surface area contributed by atoms with Gasteiger partial charge in [-0.2, -0.15) is 0 Å². The molecule has 6 nitrogen and oxygen atoms in total. The predicted molar refractivity (Wildman–Crippen MR) is 45.0 cm³/mol. The maximum atomic E-state index is 9.44. The molecule has 0 bridgehead atoms. The largest absolute Gasteiger partial charge is 0.333 e. The van der Waals surface area contributed by atoms with E-state index in [1.165, 1.54) is 7.05 Å². The smallest absolute Gasteiger partial charge is 0.323 e. The molecule has 0 amide bonds. The van der Waals surface area contributed by atoms with E-state index in [0.29, 0.717) is 0 Å². The average Bonchev–Trinajstić information content (AvgIpc) is 1.93. The zero-order valence-electron chi connectivity index (χ0n) is 6.70. The molecule has 0 heterocycles. The molecule has 2 atom stereocenters. The van der Waals surface area contributed by atoms with Crippen molar-refractivity contribution in [2.24, 2.45) is 5.73 Å². The first-order valence-electron chi connectivity index (χ1n) is 2.84. The van der Waals surface area contributed by atoms with Crippen LogP contribution in [0.15, 0.2) is 0 Å². The first-order chi connectivity index (χ1) is 5.13. The zero-order chi connectivity index (χ0) is 9.86. The molecular formula is C3H15NO5P2. The van der Waals surface area contributed by atoms with Gasteiger partial charge in [0.2, 0.25) is 0 Å². The van der Waals surface area contributed by atoms with Crippen LogP contribution in [0.3, 0.4) is 0 Å². The van der Waals surface area contributed by atoms with Crippen LogP contribution in [0.25, 0.3) is 0 Å². The van der Waals surface area contributed by atoms with Crippen LogP contribution in [0.2, 0.25) is 0 Å². The van der Waals surface area contributed by atoms with Crippen LogP contribution in [-0.2, 0) is 13.4 Å². The highest BCUT2D eigenvalue weighted by Crippen LogP contribution is 2.30. The van der Waals surface area contributed by atoms with Crippen molar-refractivity contribution in [1.29, 1.82) is 0 Å². The standard InChI is InChI=1S/C2H6.CH5N.H4O5P2/c2*1-2;1-6(2)5-7(3)4/h1-2H3;2H2,1H3;6-7H,(H,1,2)(H,3,4). The minimum atomic E-state index is -3.20. The Morgan fingerprint density at radius 2 is 1.27 bits per heavy atom. The Hall–Kier alpha value is 0.300. The molecule has 8 heteroatoms. The van der Waals surface area contributed by atoms with Crippen molar-refractivity contribution in [3.8, 4) is 0 Å². The van der Waals surface area contributed by atoms with Crippen LogP contribution >= 0.6 is 16.5 Å². The first-order valence-corrected chi connectivity index (χ1v) is 5.37. The number of hydrogen-bond donors (Lipinski definition) is 3. The van der Waals surface area contributed by atoms with E-state index in [4.69, 9.17) is 9.79 Å². The van der Waals surface area contributed by atoms with E-state index in [0.717, 1.165) is 0 Å². The summed E-state index contributed by atoms with van der Waals surface area (Å²) < 4.78 is 22.3. The van der Waals surface area contributed by atoms with Gasteiger partial charge in [-0.15, -0.1) is 0 Å². The molecule has 0 aliphatic carbocycles. The van der Waals surface area contributed by atoms with E-state index in [2.05, 4.69) is 10.0 Å². The van der Waals surface area contributed by atoms with Crippen LogP contribution in [0.4, 0.5) is 0 Å². The molecule has 0 saturated heterocycles. The molecule has 0 aliphatic rings. The van der Waals surface area contributed by atoms with Gasteiger partial charge in [-0.05, 0) is 7.05 Å². The third kappa shape index (κ3) is 38.4. The lowest BCUT2D eigenvalue weighted by atomic mass is 11.0. The summed E-state index contributed by atoms with van der Waals surface area (Å²) in [5.74, 6) is 0. The average molecular weight is 207 g/mol. The highest BCUT2D eigenvalue weighted by Gasteiger charge is 1.93. The maximum Gasteiger partial charge on any atom is 0.323 e. The molecule has 72 valence electrons. The van der Waals surface area contributed by atoms with Gasteiger partial charge in [-0.3, -0.25) is 9.13 Å². The summed E-state index contributed by atoms with van der Waals surface area (Å²) >= 11 is 0. The van der Waals surface area contributed by atoms with Gasteiger partial charge in [0.1, 0.15) is 0 Å². The molecule has 0 radical (unpaired) electrons. The molecule has 0 aliphatic heterocycles. The Balaban J connectivity index is -0.000000138. The molecule has 2 unspecified atom stereocenters. The maximum absolute atomic E-state index is 9.44. The summed E-state index contributed by atoms with van der Waals surface area (Å²) in [6, 6.07) is 0. The predicted octanol–water partition coefficient (Wildman–Crippen LogP) is 0.368. The Morgan fingerprint density at radius 1 is 1.09 bits per heavy atom. The molecular weight excluding hydrogens is 192 g/mol. The fourth-order valence-corrected chi connectivity index (χ4v) is 0.672. The molecule has 0 aromatic heterocycles. The summed E-state index contributed by atoms with van der Waals surface area (Å²) in [5, 5.41) is 0. The topological polar surface area (TPSA) is 110 Å². The minimum absolute atomic E-state index is 1.50. The summed E-state index contributed by atoms with van der Waals surface area (Å²) in [4.78, 5) is 15.4. The Labute approximate surface area is 67.3 Å². The molecule has 0 rings (SSSR count). The van der Waals surface area contributed by atoms with Gasteiger partial charge >= 0.3 is 16.5 Å². The van der Waals surface area contributed by atoms with Crippen LogP contribution < -0.4 is 5.73 Å². The SMILES string of the molecule is CC.CN.O=[PH](O)O[PH](=O)O. The van der Waals surface area contributed by atoms with E-state index >= 15 is 0 Å². The van der Waals surface area contributed by atoms with Gasteiger partial charge in [0.05, 0.1) is 0 Å². The highest BCUT2D eigenvalue weighted by molar-refractivity contribution is 7.46. The fourth-order valence-electron chi connectivity index (χ4n) is 0.0747. The van der Waals surface area contributed by atoms with Gasteiger partial charge in [0.25, 0.3) is 0 Å². The first kappa shape index (κ1) is 17.4. The van der Waals surface area contributed by atoms with E-state index < -0.39 is 16.5 Å². The summed E-state index contributed by atoms with van der Waals surface area (Å²) in [6.45, 7) is 4.00. The van der Waals surface area contributed by atoms with Crippen molar-refractivity contribution in [1.82, 2.24) is 0 Å². The molecule has 4 N–H and O–H groups in total. The van der Waals surface area contributed by atoms with Crippen molar-refractivity contribution < 1.29 is 23.2 Å². The van der Waals surface area contributed by atoms with Gasteiger partial charge in [-0.1, -0.05) is 13.8 Å². The minimum Gasteiger partial charge on any atom is -0.333 e. The van der Waals surface area contributed by atoms with Gasteiger partial charge in [0, 0.05) is 0 Å². The lowest BCUT2D eigenvalue weighted by molar-refractivity contribution is 0.371. The highest BCUT2D eigenvalue weighted by atomic mass is 31.2. The van der Waals surface area contributed by atoms with Crippen LogP contribution in [0.5, 0.6) is 0 Å². The zero-order valence-corrected chi connectivity index (χ0v) is 8.70. The Morgan fingerprint density at radius 3 is 1.27 bits per heavy atom. The normalized spacial score (nSPS) is 12.9. The van der Waals surface area contributed by atoms with Gasteiger partial charge in [0.15, 0.2) is 0 Å². The van der Waals surface area contributed by atoms with Crippen molar-refractivity contribution in [2.45, 2.75) is 13.8 Å². The quantitative estimate of drug-likeness (QED) is 0.564. The Kier molecular flexibility index (Phi) is 26.4. The molecule has 0 spiro atoms. The molecule has 0 aromatic carbocycles. The summed E-state index contributed by atoms with van der Waals surface area (Å²) in [5.41, 5.74) is 4.50. The van der Waals surface area contributed by atoms with Crippen molar-refractivity contribution >= 4 is 16.5 Å².